The molecule has 0 aliphatic carbocycles. The van der Waals surface area contributed by atoms with Gasteiger partial charge in [0.2, 0.25) is 0 Å². The molecular formula is C20H15ClFN3O. The Morgan fingerprint density at radius 2 is 2.00 bits per heavy atom. The van der Waals surface area contributed by atoms with E-state index in [0.29, 0.717) is 5.69 Å². The van der Waals surface area contributed by atoms with Gasteiger partial charge in [0, 0.05) is 29.8 Å². The summed E-state index contributed by atoms with van der Waals surface area (Å²) < 4.78 is 13.2. The van der Waals surface area contributed by atoms with Gasteiger partial charge in [-0.25, -0.2) is 4.39 Å². The van der Waals surface area contributed by atoms with Crippen LogP contribution in [0.3, 0.4) is 0 Å². The van der Waals surface area contributed by atoms with Crippen LogP contribution in [0.25, 0.3) is 0 Å². The number of fused-ring (bicyclic) bond motifs is 1. The summed E-state index contributed by atoms with van der Waals surface area (Å²) in [5, 5.41) is 2.65. The predicted octanol–water partition coefficient (Wildman–Crippen LogP) is 4.82. The van der Waals surface area contributed by atoms with Gasteiger partial charge >= 0.3 is 0 Å². The standard InChI is InChI=1S/C20H15ClFN3O/c21-16-11-14(5-6-17(16)22)24-20(26)18-12-15(7-9-23-18)25-10-8-13-3-1-2-4-19(13)25/h1-7,9,11-12H,8,10H2,(H,24,26). The topological polar surface area (TPSA) is 45.2 Å². The molecule has 0 saturated heterocycles. The molecule has 1 aromatic heterocycles. The van der Waals surface area contributed by atoms with E-state index in [4.69, 9.17) is 11.6 Å². The van der Waals surface area contributed by atoms with E-state index in [1.807, 2.05) is 18.2 Å². The van der Waals surface area contributed by atoms with Crippen LogP contribution in [0.2, 0.25) is 5.02 Å². The Labute approximate surface area is 155 Å². The molecule has 2 heterocycles. The van der Waals surface area contributed by atoms with E-state index in [-0.39, 0.29) is 16.6 Å². The molecule has 1 N–H and O–H groups in total. The second-order valence-corrected chi connectivity index (χ2v) is 6.42. The van der Waals surface area contributed by atoms with Crippen LogP contribution in [0.1, 0.15) is 16.1 Å². The van der Waals surface area contributed by atoms with Crippen LogP contribution in [-0.4, -0.2) is 17.4 Å². The van der Waals surface area contributed by atoms with E-state index in [1.165, 1.54) is 23.8 Å². The van der Waals surface area contributed by atoms with Gasteiger partial charge in [-0.2, -0.15) is 0 Å². The van der Waals surface area contributed by atoms with Crippen LogP contribution in [0.4, 0.5) is 21.5 Å². The van der Waals surface area contributed by atoms with Crippen molar-refractivity contribution in [3.8, 4) is 0 Å². The maximum absolute atomic E-state index is 13.2. The van der Waals surface area contributed by atoms with Crippen molar-refractivity contribution in [3.05, 3.63) is 82.9 Å². The lowest BCUT2D eigenvalue weighted by molar-refractivity contribution is 0.102. The van der Waals surface area contributed by atoms with Crippen molar-refractivity contribution in [2.24, 2.45) is 0 Å². The summed E-state index contributed by atoms with van der Waals surface area (Å²) in [6, 6.07) is 15.9. The van der Waals surface area contributed by atoms with Gasteiger partial charge in [0.05, 0.1) is 5.02 Å². The highest BCUT2D eigenvalue weighted by Gasteiger charge is 2.21. The summed E-state index contributed by atoms with van der Waals surface area (Å²) in [4.78, 5) is 18.8. The molecule has 0 atom stereocenters. The summed E-state index contributed by atoms with van der Waals surface area (Å²) >= 11 is 5.75. The van der Waals surface area contributed by atoms with Crippen molar-refractivity contribution in [2.45, 2.75) is 6.42 Å². The minimum Gasteiger partial charge on any atom is -0.341 e. The van der Waals surface area contributed by atoms with Crippen molar-refractivity contribution in [3.63, 3.8) is 0 Å². The number of pyridine rings is 1. The lowest BCUT2D eigenvalue weighted by atomic mass is 10.2. The molecule has 0 bridgehead atoms. The lowest BCUT2D eigenvalue weighted by Crippen LogP contribution is -2.17. The summed E-state index contributed by atoms with van der Waals surface area (Å²) in [5.74, 6) is -0.903. The molecule has 6 heteroatoms. The molecule has 0 saturated carbocycles. The first-order chi connectivity index (χ1) is 12.6. The van der Waals surface area contributed by atoms with Crippen LogP contribution >= 0.6 is 11.6 Å². The number of rotatable bonds is 3. The van der Waals surface area contributed by atoms with E-state index in [1.54, 1.807) is 12.3 Å². The zero-order chi connectivity index (χ0) is 18.1. The third-order valence-corrected chi connectivity index (χ3v) is 4.64. The Kier molecular flexibility index (Phi) is 4.31. The predicted molar refractivity (Wildman–Crippen MR) is 101 cm³/mol. The van der Waals surface area contributed by atoms with E-state index in [9.17, 15) is 9.18 Å². The van der Waals surface area contributed by atoms with Crippen LogP contribution in [0, 0.1) is 5.82 Å². The molecule has 2 aromatic carbocycles. The highest BCUT2D eigenvalue weighted by molar-refractivity contribution is 6.31. The normalized spacial score (nSPS) is 12.8. The third-order valence-electron chi connectivity index (χ3n) is 4.35. The maximum Gasteiger partial charge on any atom is 0.274 e. The fraction of sp³-hybridized carbons (Fsp3) is 0.100. The number of nitrogens with zero attached hydrogens (tertiary/aromatic N) is 2. The van der Waals surface area contributed by atoms with Crippen molar-refractivity contribution in [2.75, 3.05) is 16.8 Å². The molecule has 1 aliphatic heterocycles. The zero-order valence-corrected chi connectivity index (χ0v) is 14.5. The van der Waals surface area contributed by atoms with Gasteiger partial charge in [0.15, 0.2) is 0 Å². The molecule has 1 amide bonds. The van der Waals surface area contributed by atoms with Gasteiger partial charge in [0.25, 0.3) is 5.91 Å². The summed E-state index contributed by atoms with van der Waals surface area (Å²) in [5.41, 5.74) is 4.05. The minimum absolute atomic E-state index is 0.0433. The number of para-hydroxylation sites is 1. The number of hydrogen-bond acceptors (Lipinski definition) is 3. The summed E-state index contributed by atoms with van der Waals surface area (Å²) in [6.07, 6.45) is 2.58. The average Bonchev–Trinajstić information content (AvgIpc) is 3.09. The van der Waals surface area contributed by atoms with Gasteiger partial charge in [-0.3, -0.25) is 9.78 Å². The Morgan fingerprint density at radius 1 is 1.15 bits per heavy atom. The Balaban J connectivity index is 1.58. The largest absolute Gasteiger partial charge is 0.341 e. The number of amides is 1. The van der Waals surface area contributed by atoms with Gasteiger partial charge in [-0.15, -0.1) is 0 Å². The van der Waals surface area contributed by atoms with Crippen molar-refractivity contribution >= 4 is 34.6 Å². The minimum atomic E-state index is -0.530. The van der Waals surface area contributed by atoms with Gasteiger partial charge < -0.3 is 10.2 Å². The number of carbonyl (C=O) groups is 1. The van der Waals surface area contributed by atoms with Crippen LogP contribution < -0.4 is 10.2 Å². The Bertz CT molecular complexity index is 992. The van der Waals surface area contributed by atoms with Crippen molar-refractivity contribution < 1.29 is 9.18 Å². The average molecular weight is 368 g/mol. The summed E-state index contributed by atoms with van der Waals surface area (Å²) in [6.45, 7) is 0.859. The fourth-order valence-corrected chi connectivity index (χ4v) is 3.27. The molecule has 0 fully saturated rings. The molecule has 130 valence electrons. The van der Waals surface area contributed by atoms with Gasteiger partial charge in [0.1, 0.15) is 11.5 Å². The number of halogens is 2. The maximum atomic E-state index is 13.2. The fourth-order valence-electron chi connectivity index (χ4n) is 3.09. The van der Waals surface area contributed by atoms with E-state index in [2.05, 4.69) is 27.3 Å². The molecule has 1 aliphatic rings. The van der Waals surface area contributed by atoms with Crippen molar-refractivity contribution in [1.82, 2.24) is 4.98 Å². The number of anilines is 3. The van der Waals surface area contributed by atoms with Crippen molar-refractivity contribution in [1.29, 1.82) is 0 Å². The van der Waals surface area contributed by atoms with Gasteiger partial charge in [-0.1, -0.05) is 29.8 Å². The number of aromatic nitrogens is 1. The van der Waals surface area contributed by atoms with E-state index >= 15 is 0 Å². The highest BCUT2D eigenvalue weighted by atomic mass is 35.5. The third kappa shape index (κ3) is 3.13. The Morgan fingerprint density at radius 3 is 2.85 bits per heavy atom. The molecule has 0 unspecified atom stereocenters. The second-order valence-electron chi connectivity index (χ2n) is 6.01. The number of hydrogen-bond donors (Lipinski definition) is 1. The highest BCUT2D eigenvalue weighted by Crippen LogP contribution is 2.34. The first-order valence-corrected chi connectivity index (χ1v) is 8.57. The number of nitrogens with one attached hydrogen (secondary N) is 1. The lowest BCUT2D eigenvalue weighted by Gasteiger charge is -2.19. The summed E-state index contributed by atoms with van der Waals surface area (Å²) in [7, 11) is 0. The second kappa shape index (κ2) is 6.77. The first kappa shape index (κ1) is 16.5. The number of benzene rings is 2. The van der Waals surface area contributed by atoms with Crippen LogP contribution in [-0.2, 0) is 6.42 Å². The first-order valence-electron chi connectivity index (χ1n) is 8.20. The molecule has 0 spiro atoms. The van der Waals surface area contributed by atoms with Gasteiger partial charge in [-0.05, 0) is 48.4 Å². The monoisotopic (exact) mass is 367 g/mol. The Hall–Kier alpha value is -2.92. The van der Waals surface area contributed by atoms with Crippen LogP contribution in [0.5, 0.6) is 0 Å². The number of carbonyl (C=O) groups excluding carboxylic acids is 1. The molecule has 0 radical (unpaired) electrons. The molecular weight excluding hydrogens is 353 g/mol. The quantitative estimate of drug-likeness (QED) is 0.721. The smallest absolute Gasteiger partial charge is 0.274 e. The van der Waals surface area contributed by atoms with E-state index in [0.717, 1.165) is 24.3 Å². The molecule has 4 nitrogen and oxygen atoms in total. The molecule has 26 heavy (non-hydrogen) atoms. The zero-order valence-electron chi connectivity index (χ0n) is 13.7. The molecule has 3 aromatic rings. The van der Waals surface area contributed by atoms with E-state index < -0.39 is 5.82 Å². The SMILES string of the molecule is O=C(Nc1ccc(F)c(Cl)c1)c1cc(N2CCc3ccccc32)ccn1. The van der Waals surface area contributed by atoms with Crippen LogP contribution in [0.15, 0.2) is 60.8 Å². The molecule has 4 rings (SSSR count).